The third-order valence-corrected chi connectivity index (χ3v) is 5.77. The highest BCUT2D eigenvalue weighted by Crippen LogP contribution is 2.22. The van der Waals surface area contributed by atoms with Crippen molar-refractivity contribution in [3.05, 3.63) is 63.2 Å². The van der Waals surface area contributed by atoms with Crippen LogP contribution in [-0.2, 0) is 14.8 Å². The van der Waals surface area contributed by atoms with Crippen LogP contribution in [0.25, 0.3) is 0 Å². The Kier molecular flexibility index (Phi) is 5.97. The fourth-order valence-corrected chi connectivity index (χ4v) is 4.54. The molecule has 0 saturated carbocycles. The summed E-state index contributed by atoms with van der Waals surface area (Å²) in [5.74, 6) is -0.624. The van der Waals surface area contributed by atoms with Crippen LogP contribution in [0.1, 0.15) is 23.6 Å². The Morgan fingerprint density at radius 1 is 1.11 bits per heavy atom. The molecule has 0 radical (unpaired) electrons. The van der Waals surface area contributed by atoms with E-state index in [1.54, 1.807) is 26.0 Å². The minimum absolute atomic E-state index is 0.142. The third kappa shape index (κ3) is 4.89. The number of nitro groups is 1. The van der Waals surface area contributed by atoms with Gasteiger partial charge in [0.2, 0.25) is 15.9 Å². The lowest BCUT2D eigenvalue weighted by atomic mass is 10.1. The van der Waals surface area contributed by atoms with Crippen LogP contribution >= 0.6 is 0 Å². The van der Waals surface area contributed by atoms with E-state index in [1.165, 1.54) is 31.2 Å². The summed E-state index contributed by atoms with van der Waals surface area (Å²) < 4.78 is 27.8. The fourth-order valence-electron chi connectivity index (χ4n) is 2.88. The van der Waals surface area contributed by atoms with E-state index in [4.69, 9.17) is 0 Å². The molecule has 2 rings (SSSR count). The topological polar surface area (TPSA) is 118 Å². The molecule has 2 aromatic rings. The van der Waals surface area contributed by atoms with Gasteiger partial charge in [-0.1, -0.05) is 23.8 Å². The van der Waals surface area contributed by atoms with E-state index in [0.29, 0.717) is 11.1 Å². The second-order valence-corrected chi connectivity index (χ2v) is 8.02. The Bertz CT molecular complexity index is 979. The predicted molar refractivity (Wildman–Crippen MR) is 102 cm³/mol. The Hall–Kier alpha value is -2.78. The third-order valence-electron chi connectivity index (χ3n) is 3.92. The molecule has 9 heteroatoms. The molecule has 0 fully saturated rings. The average molecular weight is 391 g/mol. The molecule has 0 aliphatic heterocycles. The summed E-state index contributed by atoms with van der Waals surface area (Å²) in [7, 11) is -3.92. The number of non-ortho nitro benzene ring substituents is 1. The van der Waals surface area contributed by atoms with Crippen LogP contribution in [0.2, 0.25) is 0 Å². The monoisotopic (exact) mass is 391 g/mol. The summed E-state index contributed by atoms with van der Waals surface area (Å²) in [6.45, 7) is 6.67. The number of anilines is 1. The van der Waals surface area contributed by atoms with Gasteiger partial charge in [-0.3, -0.25) is 14.9 Å². The molecule has 1 amide bonds. The number of nitrogens with one attached hydrogen (secondary N) is 2. The number of amides is 1. The first kappa shape index (κ1) is 20.5. The number of hydrogen-bond donors (Lipinski definition) is 2. The van der Waals surface area contributed by atoms with E-state index in [1.807, 2.05) is 6.92 Å². The highest BCUT2D eigenvalue weighted by Gasteiger charge is 2.25. The molecule has 0 aromatic heterocycles. The van der Waals surface area contributed by atoms with Gasteiger partial charge in [0.25, 0.3) is 5.69 Å². The summed E-state index contributed by atoms with van der Waals surface area (Å²) in [5, 5.41) is 13.3. The first-order valence-electron chi connectivity index (χ1n) is 8.17. The van der Waals surface area contributed by atoms with Crippen molar-refractivity contribution in [2.45, 2.75) is 38.6 Å². The summed E-state index contributed by atoms with van der Waals surface area (Å²) in [6, 6.07) is 7.86. The average Bonchev–Trinajstić information content (AvgIpc) is 2.53. The van der Waals surface area contributed by atoms with Crippen LogP contribution < -0.4 is 10.0 Å². The van der Waals surface area contributed by atoms with Crippen molar-refractivity contribution in [2.75, 3.05) is 5.32 Å². The van der Waals surface area contributed by atoms with Crippen LogP contribution in [0.3, 0.4) is 0 Å². The quantitative estimate of drug-likeness (QED) is 0.580. The summed E-state index contributed by atoms with van der Waals surface area (Å²) in [4.78, 5) is 22.7. The molecule has 0 aliphatic rings. The first-order valence-corrected chi connectivity index (χ1v) is 9.65. The fraction of sp³-hybridized carbons (Fsp3) is 0.278. The lowest BCUT2D eigenvalue weighted by molar-refractivity contribution is -0.384. The molecule has 27 heavy (non-hydrogen) atoms. The maximum atomic E-state index is 12.7. The van der Waals surface area contributed by atoms with Crippen LogP contribution in [0.4, 0.5) is 11.4 Å². The normalized spacial score (nSPS) is 12.4. The number of carbonyl (C=O) groups is 1. The Morgan fingerprint density at radius 3 is 2.26 bits per heavy atom. The van der Waals surface area contributed by atoms with E-state index in [9.17, 15) is 23.3 Å². The number of carbonyl (C=O) groups excluding carboxylic acids is 1. The molecular formula is C18H21N3O5S. The van der Waals surface area contributed by atoms with Crippen LogP contribution in [0.15, 0.2) is 41.3 Å². The number of aryl methyl sites for hydroxylation is 3. The Balaban J connectivity index is 2.18. The molecule has 0 aliphatic carbocycles. The lowest BCUT2D eigenvalue weighted by Gasteiger charge is -2.17. The first-order chi connectivity index (χ1) is 12.5. The number of sulfonamides is 1. The Labute approximate surface area is 157 Å². The van der Waals surface area contributed by atoms with E-state index < -0.39 is 26.9 Å². The zero-order valence-corrected chi connectivity index (χ0v) is 16.3. The van der Waals surface area contributed by atoms with Gasteiger partial charge in [0.05, 0.1) is 15.9 Å². The van der Waals surface area contributed by atoms with E-state index >= 15 is 0 Å². The molecule has 2 aromatic carbocycles. The SMILES string of the molecule is Cc1cc(C)c(S(=O)(=O)NC(C)C(=O)Nc2cccc([N+](=O)[O-])c2)c(C)c1. The summed E-state index contributed by atoms with van der Waals surface area (Å²) in [5.41, 5.74) is 2.16. The van der Waals surface area contributed by atoms with E-state index in [-0.39, 0.29) is 16.3 Å². The largest absolute Gasteiger partial charge is 0.324 e. The standard InChI is InChI=1S/C18H21N3O5S/c1-11-8-12(2)17(13(3)9-11)27(25,26)20-14(4)18(22)19-15-6-5-7-16(10-15)21(23)24/h5-10,14,20H,1-4H3,(H,19,22). The molecule has 0 spiro atoms. The molecule has 0 bridgehead atoms. The maximum absolute atomic E-state index is 12.7. The highest BCUT2D eigenvalue weighted by molar-refractivity contribution is 7.89. The number of hydrogen-bond acceptors (Lipinski definition) is 5. The van der Waals surface area contributed by atoms with Gasteiger partial charge < -0.3 is 5.32 Å². The minimum Gasteiger partial charge on any atom is -0.324 e. The minimum atomic E-state index is -3.92. The molecule has 1 atom stereocenters. The zero-order valence-electron chi connectivity index (χ0n) is 15.4. The second-order valence-electron chi connectivity index (χ2n) is 6.37. The maximum Gasteiger partial charge on any atom is 0.271 e. The van der Waals surface area contributed by atoms with E-state index in [0.717, 1.165) is 5.56 Å². The lowest BCUT2D eigenvalue weighted by Crippen LogP contribution is -2.41. The van der Waals surface area contributed by atoms with Crippen molar-refractivity contribution >= 4 is 27.3 Å². The van der Waals surface area contributed by atoms with Crippen LogP contribution in [-0.4, -0.2) is 25.3 Å². The summed E-state index contributed by atoms with van der Waals surface area (Å²) >= 11 is 0. The Morgan fingerprint density at radius 2 is 1.70 bits per heavy atom. The molecule has 1 unspecified atom stereocenters. The van der Waals surface area contributed by atoms with Gasteiger partial charge in [0.15, 0.2) is 0 Å². The van der Waals surface area contributed by atoms with Gasteiger partial charge in [0.1, 0.15) is 0 Å². The molecule has 0 heterocycles. The van der Waals surface area contributed by atoms with Crippen LogP contribution in [0.5, 0.6) is 0 Å². The van der Waals surface area contributed by atoms with Gasteiger partial charge in [-0.05, 0) is 44.9 Å². The van der Waals surface area contributed by atoms with Crippen molar-refractivity contribution in [1.82, 2.24) is 4.72 Å². The molecule has 144 valence electrons. The molecule has 8 nitrogen and oxygen atoms in total. The smallest absolute Gasteiger partial charge is 0.271 e. The van der Waals surface area contributed by atoms with E-state index in [2.05, 4.69) is 10.0 Å². The van der Waals surface area contributed by atoms with Gasteiger partial charge in [-0.25, -0.2) is 8.42 Å². The predicted octanol–water partition coefficient (Wildman–Crippen LogP) is 2.83. The highest BCUT2D eigenvalue weighted by atomic mass is 32.2. The van der Waals surface area contributed by atoms with Gasteiger partial charge in [0, 0.05) is 17.8 Å². The summed E-state index contributed by atoms with van der Waals surface area (Å²) in [6.07, 6.45) is 0. The van der Waals surface area contributed by atoms with Crippen molar-refractivity contribution in [3.63, 3.8) is 0 Å². The van der Waals surface area contributed by atoms with Crippen molar-refractivity contribution in [2.24, 2.45) is 0 Å². The van der Waals surface area contributed by atoms with Gasteiger partial charge in [-0.2, -0.15) is 4.72 Å². The second kappa shape index (κ2) is 7.85. The molecule has 0 saturated heterocycles. The number of nitrogens with zero attached hydrogens (tertiary/aromatic N) is 1. The van der Waals surface area contributed by atoms with Crippen molar-refractivity contribution < 1.29 is 18.1 Å². The zero-order chi connectivity index (χ0) is 20.4. The van der Waals surface area contributed by atoms with Crippen LogP contribution in [0, 0.1) is 30.9 Å². The molecule has 2 N–H and O–H groups in total. The van der Waals surface area contributed by atoms with Crippen molar-refractivity contribution in [3.8, 4) is 0 Å². The number of nitro benzene ring substituents is 1. The molecular weight excluding hydrogens is 370 g/mol. The van der Waals surface area contributed by atoms with Gasteiger partial charge in [-0.15, -0.1) is 0 Å². The van der Waals surface area contributed by atoms with Gasteiger partial charge >= 0.3 is 0 Å². The number of rotatable bonds is 6. The van der Waals surface area contributed by atoms with Crippen molar-refractivity contribution in [1.29, 1.82) is 0 Å². The number of benzene rings is 2.